The molecule has 0 bridgehead atoms. The average molecular weight is 419 g/mol. The molecule has 1 N–H and O–H groups in total. The van der Waals surface area contributed by atoms with Crippen molar-refractivity contribution in [2.24, 2.45) is 0 Å². The molecular formula is C21H27ClN4OS. The highest BCUT2D eigenvalue weighted by molar-refractivity contribution is 7.10. The number of likely N-dealkylation sites (tertiary alicyclic amines) is 1. The SMILES string of the molecule is O=C(NCC(c1cccs1)N1CCCC1)N1CCN(c2ccccc2Cl)CC1. The third-order valence-electron chi connectivity index (χ3n) is 5.66. The van der Waals surface area contributed by atoms with E-state index < -0.39 is 0 Å². The predicted octanol–water partition coefficient (Wildman–Crippen LogP) is 4.07. The van der Waals surface area contributed by atoms with Gasteiger partial charge in [0, 0.05) is 37.6 Å². The van der Waals surface area contributed by atoms with Crippen LogP contribution in [0.2, 0.25) is 5.02 Å². The van der Waals surface area contributed by atoms with E-state index in [2.05, 4.69) is 32.6 Å². The van der Waals surface area contributed by atoms with Crippen LogP contribution in [-0.4, -0.2) is 61.6 Å². The Morgan fingerprint density at radius 3 is 2.46 bits per heavy atom. The lowest BCUT2D eigenvalue weighted by molar-refractivity contribution is 0.185. The number of halogens is 1. The lowest BCUT2D eigenvalue weighted by Crippen LogP contribution is -2.52. The number of rotatable bonds is 5. The molecule has 2 saturated heterocycles. The molecule has 4 rings (SSSR count). The zero-order valence-corrected chi connectivity index (χ0v) is 17.6. The van der Waals surface area contributed by atoms with Crippen molar-refractivity contribution >= 4 is 34.7 Å². The molecule has 0 aliphatic carbocycles. The van der Waals surface area contributed by atoms with Crippen LogP contribution in [0.3, 0.4) is 0 Å². The Bertz CT molecular complexity index is 770. The first-order valence-corrected chi connectivity index (χ1v) is 11.3. The maximum atomic E-state index is 12.8. The van der Waals surface area contributed by atoms with E-state index in [0.717, 1.165) is 36.9 Å². The number of nitrogens with one attached hydrogen (secondary N) is 1. The Balaban J connectivity index is 1.31. The number of carbonyl (C=O) groups is 1. The van der Waals surface area contributed by atoms with E-state index in [4.69, 9.17) is 11.6 Å². The van der Waals surface area contributed by atoms with Gasteiger partial charge in [0.05, 0.1) is 16.8 Å². The van der Waals surface area contributed by atoms with Crippen molar-refractivity contribution in [1.29, 1.82) is 0 Å². The minimum atomic E-state index is 0.0413. The third kappa shape index (κ3) is 4.45. The minimum Gasteiger partial charge on any atom is -0.367 e. The van der Waals surface area contributed by atoms with Gasteiger partial charge in [-0.25, -0.2) is 4.79 Å². The summed E-state index contributed by atoms with van der Waals surface area (Å²) < 4.78 is 0. The second kappa shape index (κ2) is 9.16. The van der Waals surface area contributed by atoms with Crippen molar-refractivity contribution in [3.05, 3.63) is 51.7 Å². The highest BCUT2D eigenvalue weighted by Gasteiger charge is 2.27. The normalized spacial score (nSPS) is 19.0. The average Bonchev–Trinajstić information content (AvgIpc) is 3.43. The molecule has 0 radical (unpaired) electrons. The van der Waals surface area contributed by atoms with Gasteiger partial charge in [0.2, 0.25) is 0 Å². The molecule has 5 nitrogen and oxygen atoms in total. The number of amides is 2. The number of piperazine rings is 1. The van der Waals surface area contributed by atoms with E-state index in [1.807, 2.05) is 29.2 Å². The number of hydrogen-bond acceptors (Lipinski definition) is 4. The topological polar surface area (TPSA) is 38.8 Å². The summed E-state index contributed by atoms with van der Waals surface area (Å²) in [7, 11) is 0. The van der Waals surface area contributed by atoms with Gasteiger partial charge in [-0.05, 0) is 49.5 Å². The molecule has 2 aliphatic heterocycles. The van der Waals surface area contributed by atoms with Crippen molar-refractivity contribution in [1.82, 2.24) is 15.1 Å². The molecule has 2 aliphatic rings. The van der Waals surface area contributed by atoms with E-state index in [1.54, 1.807) is 11.3 Å². The van der Waals surface area contributed by atoms with Gasteiger partial charge < -0.3 is 15.1 Å². The van der Waals surface area contributed by atoms with Crippen LogP contribution in [0, 0.1) is 0 Å². The Hall–Kier alpha value is -1.76. The summed E-state index contributed by atoms with van der Waals surface area (Å²) in [6, 6.07) is 12.5. The first-order chi connectivity index (χ1) is 13.7. The van der Waals surface area contributed by atoms with Gasteiger partial charge >= 0.3 is 6.03 Å². The summed E-state index contributed by atoms with van der Waals surface area (Å²) in [5, 5.41) is 6.08. The Kier molecular flexibility index (Phi) is 6.40. The van der Waals surface area contributed by atoms with Crippen LogP contribution in [0.15, 0.2) is 41.8 Å². The first-order valence-electron chi connectivity index (χ1n) is 10.0. The molecule has 2 amide bonds. The van der Waals surface area contributed by atoms with Crippen LogP contribution in [0.4, 0.5) is 10.5 Å². The van der Waals surface area contributed by atoms with E-state index in [1.165, 1.54) is 17.7 Å². The van der Waals surface area contributed by atoms with Gasteiger partial charge in [-0.3, -0.25) is 4.90 Å². The number of thiophene rings is 1. The number of para-hydroxylation sites is 1. The summed E-state index contributed by atoms with van der Waals surface area (Å²) in [4.78, 5) is 20.8. The number of anilines is 1. The Labute approximate surface area is 175 Å². The number of carbonyl (C=O) groups excluding carboxylic acids is 1. The summed E-state index contributed by atoms with van der Waals surface area (Å²) in [6.07, 6.45) is 2.50. The quantitative estimate of drug-likeness (QED) is 0.795. The first kappa shape index (κ1) is 19.6. The van der Waals surface area contributed by atoms with Gasteiger partial charge in [-0.15, -0.1) is 11.3 Å². The van der Waals surface area contributed by atoms with E-state index in [9.17, 15) is 4.79 Å². The summed E-state index contributed by atoms with van der Waals surface area (Å²) in [6.45, 7) is 5.94. The molecular weight excluding hydrogens is 392 g/mol. The maximum Gasteiger partial charge on any atom is 0.317 e. The summed E-state index contributed by atoms with van der Waals surface area (Å²) in [5.41, 5.74) is 1.05. The van der Waals surface area contributed by atoms with Gasteiger partial charge in [-0.2, -0.15) is 0 Å². The van der Waals surface area contributed by atoms with Crippen molar-refractivity contribution in [2.45, 2.75) is 18.9 Å². The van der Waals surface area contributed by atoms with Gasteiger partial charge in [0.15, 0.2) is 0 Å². The van der Waals surface area contributed by atoms with Crippen molar-refractivity contribution in [2.75, 3.05) is 50.7 Å². The molecule has 2 aromatic rings. The minimum absolute atomic E-state index is 0.0413. The lowest BCUT2D eigenvalue weighted by Gasteiger charge is -2.37. The van der Waals surface area contributed by atoms with Crippen LogP contribution in [0.25, 0.3) is 0 Å². The zero-order chi connectivity index (χ0) is 19.3. The second-order valence-corrected chi connectivity index (χ2v) is 8.77. The van der Waals surface area contributed by atoms with E-state index >= 15 is 0 Å². The number of nitrogens with zero attached hydrogens (tertiary/aromatic N) is 3. The third-order valence-corrected chi connectivity index (χ3v) is 6.95. The molecule has 150 valence electrons. The molecule has 1 atom stereocenters. The van der Waals surface area contributed by atoms with Gasteiger partial charge in [0.1, 0.15) is 0 Å². The van der Waals surface area contributed by atoms with E-state index in [0.29, 0.717) is 19.6 Å². The molecule has 0 saturated carbocycles. The van der Waals surface area contributed by atoms with Crippen LogP contribution in [-0.2, 0) is 0 Å². The molecule has 1 aromatic heterocycles. The molecule has 7 heteroatoms. The largest absolute Gasteiger partial charge is 0.367 e. The Morgan fingerprint density at radius 1 is 1.04 bits per heavy atom. The standard InChI is InChI=1S/C21H27ClN4OS/c22-17-6-1-2-7-18(17)25-11-13-26(14-12-25)21(27)23-16-19(20-8-5-15-28-20)24-9-3-4-10-24/h1-2,5-8,15,19H,3-4,9-14,16H2,(H,23,27). The molecule has 1 aromatic carbocycles. The van der Waals surface area contributed by atoms with Crippen LogP contribution in [0.5, 0.6) is 0 Å². The van der Waals surface area contributed by atoms with Crippen molar-refractivity contribution in [3.63, 3.8) is 0 Å². The number of hydrogen-bond donors (Lipinski definition) is 1. The number of urea groups is 1. The Morgan fingerprint density at radius 2 is 1.79 bits per heavy atom. The van der Waals surface area contributed by atoms with Crippen LogP contribution < -0.4 is 10.2 Å². The van der Waals surface area contributed by atoms with Crippen molar-refractivity contribution in [3.8, 4) is 0 Å². The van der Waals surface area contributed by atoms with Gasteiger partial charge in [0.25, 0.3) is 0 Å². The monoisotopic (exact) mass is 418 g/mol. The van der Waals surface area contributed by atoms with Crippen LogP contribution in [0.1, 0.15) is 23.8 Å². The fourth-order valence-electron chi connectivity index (χ4n) is 4.10. The lowest BCUT2D eigenvalue weighted by atomic mass is 10.2. The van der Waals surface area contributed by atoms with Crippen LogP contribution >= 0.6 is 22.9 Å². The molecule has 3 heterocycles. The molecule has 2 fully saturated rings. The fraction of sp³-hybridized carbons (Fsp3) is 0.476. The highest BCUT2D eigenvalue weighted by Crippen LogP contribution is 2.28. The second-order valence-electron chi connectivity index (χ2n) is 7.39. The molecule has 1 unspecified atom stereocenters. The highest BCUT2D eigenvalue weighted by atomic mass is 35.5. The zero-order valence-electron chi connectivity index (χ0n) is 16.0. The molecule has 28 heavy (non-hydrogen) atoms. The summed E-state index contributed by atoms with van der Waals surface area (Å²) >= 11 is 8.09. The fourth-order valence-corrected chi connectivity index (χ4v) is 5.21. The summed E-state index contributed by atoms with van der Waals surface area (Å²) in [5.74, 6) is 0. The predicted molar refractivity (Wildman–Crippen MR) is 117 cm³/mol. The number of benzene rings is 1. The van der Waals surface area contributed by atoms with Gasteiger partial charge in [-0.1, -0.05) is 29.8 Å². The van der Waals surface area contributed by atoms with Crippen molar-refractivity contribution < 1.29 is 4.79 Å². The van der Waals surface area contributed by atoms with E-state index in [-0.39, 0.29) is 12.1 Å². The molecule has 0 spiro atoms. The smallest absolute Gasteiger partial charge is 0.317 e. The maximum absolute atomic E-state index is 12.8.